The average molecular weight is 414 g/mol. The number of nitrogens with one attached hydrogen (secondary N) is 1. The van der Waals surface area contributed by atoms with Gasteiger partial charge in [0, 0.05) is 5.75 Å². The molecule has 148 valence electrons. The molecule has 1 amide bonds. The lowest BCUT2D eigenvalue weighted by molar-refractivity contribution is 0.0493. The zero-order valence-electron chi connectivity index (χ0n) is 15.8. The Morgan fingerprint density at radius 3 is 2.74 bits per heavy atom. The van der Waals surface area contributed by atoms with E-state index in [2.05, 4.69) is 15.5 Å². The van der Waals surface area contributed by atoms with Crippen LogP contribution in [0.1, 0.15) is 44.7 Å². The van der Waals surface area contributed by atoms with E-state index in [0.29, 0.717) is 28.9 Å². The molecular formula is C18H24FN3O3S2. The van der Waals surface area contributed by atoms with Gasteiger partial charge < -0.3 is 14.5 Å². The minimum Gasteiger partial charge on any atom is -0.444 e. The van der Waals surface area contributed by atoms with Crippen LogP contribution in [-0.2, 0) is 10.5 Å². The largest absolute Gasteiger partial charge is 0.444 e. The molecule has 1 atom stereocenters. The third-order valence-corrected chi connectivity index (χ3v) is 4.84. The van der Waals surface area contributed by atoms with Crippen LogP contribution in [0.4, 0.5) is 9.18 Å². The number of ether oxygens (including phenoxy) is 1. The van der Waals surface area contributed by atoms with Crippen molar-refractivity contribution in [2.24, 2.45) is 0 Å². The highest BCUT2D eigenvalue weighted by Crippen LogP contribution is 2.26. The Morgan fingerprint density at radius 1 is 1.33 bits per heavy atom. The lowest BCUT2D eigenvalue weighted by Gasteiger charge is -2.22. The molecule has 0 saturated heterocycles. The van der Waals surface area contributed by atoms with Crippen LogP contribution in [0.2, 0.25) is 0 Å². The predicted octanol–water partition coefficient (Wildman–Crippen LogP) is 4.82. The summed E-state index contributed by atoms with van der Waals surface area (Å²) in [6.45, 7) is 5.40. The molecule has 2 rings (SSSR count). The minimum atomic E-state index is -0.594. The summed E-state index contributed by atoms with van der Waals surface area (Å²) in [5.41, 5.74) is -0.0305. The van der Waals surface area contributed by atoms with Crippen molar-refractivity contribution in [3.05, 3.63) is 41.5 Å². The Hall–Kier alpha value is -1.74. The van der Waals surface area contributed by atoms with Gasteiger partial charge in [0.15, 0.2) is 0 Å². The summed E-state index contributed by atoms with van der Waals surface area (Å²) in [5.74, 6) is 1.23. The van der Waals surface area contributed by atoms with E-state index in [1.54, 1.807) is 50.7 Å². The smallest absolute Gasteiger partial charge is 0.408 e. The lowest BCUT2D eigenvalue weighted by Crippen LogP contribution is -2.35. The fourth-order valence-electron chi connectivity index (χ4n) is 2.12. The molecule has 1 aromatic heterocycles. The molecule has 1 heterocycles. The first-order chi connectivity index (χ1) is 12.8. The first kappa shape index (κ1) is 21.6. The van der Waals surface area contributed by atoms with Crippen LogP contribution in [0.5, 0.6) is 0 Å². The van der Waals surface area contributed by atoms with E-state index in [-0.39, 0.29) is 5.82 Å². The summed E-state index contributed by atoms with van der Waals surface area (Å²) in [5, 5.41) is 11.1. The monoisotopic (exact) mass is 413 g/mol. The van der Waals surface area contributed by atoms with Crippen molar-refractivity contribution in [3.8, 4) is 0 Å². The van der Waals surface area contributed by atoms with Gasteiger partial charge in [0.2, 0.25) is 5.89 Å². The van der Waals surface area contributed by atoms with Crippen molar-refractivity contribution >= 4 is 29.6 Å². The average Bonchev–Trinajstić information content (AvgIpc) is 3.05. The van der Waals surface area contributed by atoms with E-state index in [4.69, 9.17) is 9.15 Å². The molecule has 0 aliphatic heterocycles. The number of carbonyl (C=O) groups is 1. The van der Waals surface area contributed by atoms with Crippen LogP contribution in [0.25, 0.3) is 0 Å². The number of benzene rings is 1. The number of amides is 1. The molecule has 0 saturated carbocycles. The van der Waals surface area contributed by atoms with Gasteiger partial charge >= 0.3 is 6.09 Å². The number of halogens is 1. The van der Waals surface area contributed by atoms with Gasteiger partial charge in [-0.3, -0.25) is 0 Å². The van der Waals surface area contributed by atoms with Crippen molar-refractivity contribution in [1.82, 2.24) is 15.5 Å². The second kappa shape index (κ2) is 9.98. The van der Waals surface area contributed by atoms with E-state index in [1.165, 1.54) is 17.8 Å². The van der Waals surface area contributed by atoms with Crippen LogP contribution in [0, 0.1) is 5.82 Å². The predicted molar refractivity (Wildman–Crippen MR) is 105 cm³/mol. The van der Waals surface area contributed by atoms with Crippen LogP contribution < -0.4 is 5.32 Å². The molecule has 0 bridgehead atoms. The van der Waals surface area contributed by atoms with E-state index in [0.717, 1.165) is 5.75 Å². The number of aromatic nitrogens is 2. The van der Waals surface area contributed by atoms with Crippen molar-refractivity contribution in [1.29, 1.82) is 0 Å². The maximum absolute atomic E-state index is 13.7. The summed E-state index contributed by atoms with van der Waals surface area (Å²) < 4.78 is 24.7. The quantitative estimate of drug-likeness (QED) is 0.622. The van der Waals surface area contributed by atoms with Crippen LogP contribution in [-0.4, -0.2) is 33.9 Å². The second-order valence-corrected chi connectivity index (χ2v) is 8.68. The number of hydrogen-bond acceptors (Lipinski definition) is 7. The Bertz CT molecular complexity index is 749. The van der Waals surface area contributed by atoms with Crippen molar-refractivity contribution in [2.75, 3.05) is 12.0 Å². The summed E-state index contributed by atoms with van der Waals surface area (Å²) in [7, 11) is 0. The number of carbonyl (C=O) groups excluding carboxylic acids is 1. The number of rotatable bonds is 8. The molecule has 27 heavy (non-hydrogen) atoms. The summed E-state index contributed by atoms with van der Waals surface area (Å²) in [6.07, 6.45) is 2.07. The molecule has 0 fully saturated rings. The summed E-state index contributed by atoms with van der Waals surface area (Å²) in [6, 6.07) is 6.11. The summed E-state index contributed by atoms with van der Waals surface area (Å²) in [4.78, 5) is 12.1. The topological polar surface area (TPSA) is 77.2 Å². The Kier molecular flexibility index (Phi) is 7.97. The van der Waals surface area contributed by atoms with Gasteiger partial charge in [0.1, 0.15) is 17.5 Å². The highest BCUT2D eigenvalue weighted by atomic mass is 32.2. The number of thioether (sulfide) groups is 2. The van der Waals surface area contributed by atoms with E-state index < -0.39 is 17.7 Å². The third-order valence-electron chi connectivity index (χ3n) is 3.33. The van der Waals surface area contributed by atoms with Crippen LogP contribution in [0.15, 0.2) is 33.9 Å². The normalized spacial score (nSPS) is 12.6. The molecule has 9 heteroatoms. The molecule has 2 aromatic rings. The maximum Gasteiger partial charge on any atom is 0.408 e. The molecule has 0 spiro atoms. The highest BCUT2D eigenvalue weighted by Gasteiger charge is 2.24. The molecule has 0 radical (unpaired) electrons. The Labute approximate surface area is 167 Å². The van der Waals surface area contributed by atoms with E-state index >= 15 is 0 Å². The lowest BCUT2D eigenvalue weighted by atomic mass is 10.2. The van der Waals surface area contributed by atoms with Gasteiger partial charge in [-0.2, -0.15) is 11.8 Å². The fraction of sp³-hybridized carbons (Fsp3) is 0.500. The zero-order valence-corrected chi connectivity index (χ0v) is 17.5. The van der Waals surface area contributed by atoms with Gasteiger partial charge in [-0.25, -0.2) is 9.18 Å². The molecule has 0 aliphatic carbocycles. The summed E-state index contributed by atoms with van der Waals surface area (Å²) >= 11 is 2.90. The van der Waals surface area contributed by atoms with Crippen molar-refractivity contribution in [3.63, 3.8) is 0 Å². The maximum atomic E-state index is 13.7. The van der Waals surface area contributed by atoms with Gasteiger partial charge in [0.25, 0.3) is 5.22 Å². The Balaban J connectivity index is 2.01. The molecule has 1 aromatic carbocycles. The number of nitrogens with zero attached hydrogens (tertiary/aromatic N) is 2. The third kappa shape index (κ3) is 7.42. The minimum absolute atomic E-state index is 0.269. The fourth-order valence-corrected chi connectivity index (χ4v) is 3.34. The molecule has 0 aliphatic rings. The number of alkyl carbamates (subject to hydrolysis) is 1. The molecule has 0 unspecified atom stereocenters. The van der Waals surface area contributed by atoms with Gasteiger partial charge in [-0.05, 0) is 50.8 Å². The van der Waals surface area contributed by atoms with Crippen LogP contribution >= 0.6 is 23.5 Å². The first-order valence-corrected chi connectivity index (χ1v) is 10.8. The van der Waals surface area contributed by atoms with E-state index in [1.807, 2.05) is 6.26 Å². The van der Waals surface area contributed by atoms with Gasteiger partial charge in [0.05, 0.1) is 0 Å². The Morgan fingerprint density at radius 2 is 2.07 bits per heavy atom. The first-order valence-electron chi connectivity index (χ1n) is 8.46. The van der Waals surface area contributed by atoms with Crippen molar-refractivity contribution in [2.45, 2.75) is 49.8 Å². The zero-order chi connectivity index (χ0) is 19.9. The van der Waals surface area contributed by atoms with Crippen molar-refractivity contribution < 1.29 is 18.3 Å². The van der Waals surface area contributed by atoms with Gasteiger partial charge in [-0.15, -0.1) is 10.2 Å². The second-order valence-electron chi connectivity index (χ2n) is 6.77. The molecular weight excluding hydrogens is 389 g/mol. The molecule has 1 N–H and O–H groups in total. The van der Waals surface area contributed by atoms with Gasteiger partial charge in [-0.1, -0.05) is 30.0 Å². The van der Waals surface area contributed by atoms with Crippen LogP contribution in [0.3, 0.4) is 0 Å². The highest BCUT2D eigenvalue weighted by molar-refractivity contribution is 7.98. The molecule has 6 nitrogen and oxygen atoms in total. The van der Waals surface area contributed by atoms with E-state index in [9.17, 15) is 9.18 Å². The number of hydrogen-bond donors (Lipinski definition) is 1. The standard InChI is InChI=1S/C18H24FN3O3S2/c1-18(2,3)25-16(23)20-14(9-10-26-4)15-21-22-17(24-15)27-11-12-7-5-6-8-13(12)19/h5-8,14H,9-11H2,1-4H3,(H,20,23)/t14-/m0/s1. The SMILES string of the molecule is CSCC[C@H](NC(=O)OC(C)(C)C)c1nnc(SCc2ccccc2F)o1.